The van der Waals surface area contributed by atoms with E-state index in [0.717, 1.165) is 23.7 Å². The highest BCUT2D eigenvalue weighted by Gasteiger charge is 2.48. The Kier molecular flexibility index (Phi) is 5.99. The van der Waals surface area contributed by atoms with Crippen molar-refractivity contribution in [1.29, 1.82) is 0 Å². The van der Waals surface area contributed by atoms with Crippen LogP contribution in [0.15, 0.2) is 0 Å². The molecule has 0 aromatic rings. The Morgan fingerprint density at radius 1 is 1.00 bits per heavy atom. The Labute approximate surface area is 128 Å². The van der Waals surface area contributed by atoms with Crippen LogP contribution in [-0.2, 0) is 0 Å². The van der Waals surface area contributed by atoms with Crippen LogP contribution in [0.5, 0.6) is 0 Å². The Morgan fingerprint density at radius 3 is 2.35 bits per heavy atom. The molecule has 2 saturated carbocycles. The summed E-state index contributed by atoms with van der Waals surface area (Å²) < 4.78 is 0. The van der Waals surface area contributed by atoms with Crippen LogP contribution in [0.4, 0.5) is 0 Å². The van der Waals surface area contributed by atoms with E-state index < -0.39 is 0 Å². The van der Waals surface area contributed by atoms with Crippen molar-refractivity contribution in [3.8, 4) is 0 Å². The van der Waals surface area contributed by atoms with Crippen LogP contribution in [0, 0.1) is 29.1 Å². The molecule has 2 aliphatic carbocycles. The molecule has 0 spiro atoms. The Hall–Kier alpha value is 0. The van der Waals surface area contributed by atoms with E-state index in [0.29, 0.717) is 5.41 Å². The molecule has 0 heterocycles. The normalized spacial score (nSPS) is 37.4. The summed E-state index contributed by atoms with van der Waals surface area (Å²) in [7, 11) is 0. The van der Waals surface area contributed by atoms with Gasteiger partial charge in [0.15, 0.2) is 0 Å². The molecule has 2 rings (SSSR count). The molecule has 0 aromatic carbocycles. The second-order valence-electron chi connectivity index (χ2n) is 8.26. The lowest BCUT2D eigenvalue weighted by molar-refractivity contribution is 0.0500. The lowest BCUT2D eigenvalue weighted by Gasteiger charge is -2.45. The van der Waals surface area contributed by atoms with Crippen molar-refractivity contribution in [2.75, 3.05) is 0 Å². The van der Waals surface area contributed by atoms with Gasteiger partial charge in [-0.3, -0.25) is 0 Å². The average molecular weight is 279 g/mol. The van der Waals surface area contributed by atoms with Gasteiger partial charge in [-0.05, 0) is 54.8 Å². The van der Waals surface area contributed by atoms with E-state index in [2.05, 4.69) is 27.7 Å². The third-order valence-electron chi connectivity index (χ3n) is 7.08. The van der Waals surface area contributed by atoms with Crippen LogP contribution in [-0.4, -0.2) is 0 Å². The van der Waals surface area contributed by atoms with E-state index in [1.54, 1.807) is 0 Å². The summed E-state index contributed by atoms with van der Waals surface area (Å²) in [6.45, 7) is 9.87. The first-order valence-corrected chi connectivity index (χ1v) is 9.61. The van der Waals surface area contributed by atoms with Gasteiger partial charge in [0, 0.05) is 0 Å². The lowest BCUT2D eigenvalue weighted by atomic mass is 9.60. The summed E-state index contributed by atoms with van der Waals surface area (Å²) in [5.74, 6) is 4.14. The van der Waals surface area contributed by atoms with Crippen LogP contribution >= 0.6 is 0 Å². The molecule has 0 aliphatic heterocycles. The van der Waals surface area contributed by atoms with Crippen molar-refractivity contribution in [3.63, 3.8) is 0 Å². The monoisotopic (exact) mass is 278 g/mol. The van der Waals surface area contributed by atoms with E-state index in [-0.39, 0.29) is 0 Å². The first-order chi connectivity index (χ1) is 9.61. The van der Waals surface area contributed by atoms with Crippen LogP contribution in [0.25, 0.3) is 0 Å². The molecule has 4 unspecified atom stereocenters. The second-order valence-corrected chi connectivity index (χ2v) is 8.26. The van der Waals surface area contributed by atoms with Crippen LogP contribution < -0.4 is 0 Å². The maximum Gasteiger partial charge on any atom is -0.0269 e. The highest BCUT2D eigenvalue weighted by atomic mass is 14.5. The van der Waals surface area contributed by atoms with E-state index >= 15 is 0 Å². The zero-order valence-corrected chi connectivity index (χ0v) is 14.6. The quantitative estimate of drug-likeness (QED) is 0.478. The van der Waals surface area contributed by atoms with E-state index in [9.17, 15) is 0 Å². The summed E-state index contributed by atoms with van der Waals surface area (Å²) in [6, 6.07) is 0. The molecule has 2 fully saturated rings. The molecule has 0 amide bonds. The zero-order chi connectivity index (χ0) is 14.6. The maximum absolute atomic E-state index is 2.62. The standard InChI is InChI=1S/C20H38/c1-5-8-17(9-6-2)12-13-18-10-7-15-20(4)16(3)11-14-19(18)20/h16-19H,5-15H2,1-4H3. The van der Waals surface area contributed by atoms with Gasteiger partial charge in [0.1, 0.15) is 0 Å². The molecule has 0 heteroatoms. The SMILES string of the molecule is CCCC(CCC)CCC1CCCC2(C)C(C)CCC12. The second kappa shape index (κ2) is 7.32. The Morgan fingerprint density at radius 2 is 1.70 bits per heavy atom. The number of rotatable bonds is 7. The van der Waals surface area contributed by atoms with Crippen molar-refractivity contribution in [2.45, 2.75) is 98.3 Å². The fraction of sp³-hybridized carbons (Fsp3) is 1.00. The molecule has 4 atom stereocenters. The smallest absolute Gasteiger partial charge is 0.0269 e. The van der Waals surface area contributed by atoms with Crippen molar-refractivity contribution in [1.82, 2.24) is 0 Å². The van der Waals surface area contributed by atoms with Crippen LogP contribution in [0.3, 0.4) is 0 Å². The predicted octanol–water partition coefficient (Wildman–Crippen LogP) is 6.84. The number of fused-ring (bicyclic) bond motifs is 1. The average Bonchev–Trinajstić information content (AvgIpc) is 2.73. The van der Waals surface area contributed by atoms with Crippen LogP contribution in [0.2, 0.25) is 0 Å². The van der Waals surface area contributed by atoms with Gasteiger partial charge in [0.2, 0.25) is 0 Å². The molecule has 0 nitrogen and oxygen atoms in total. The van der Waals surface area contributed by atoms with Crippen molar-refractivity contribution in [3.05, 3.63) is 0 Å². The van der Waals surface area contributed by atoms with Crippen LogP contribution in [0.1, 0.15) is 98.3 Å². The van der Waals surface area contributed by atoms with Gasteiger partial charge in [0.25, 0.3) is 0 Å². The molecule has 0 N–H and O–H groups in total. The minimum atomic E-state index is 0.702. The third kappa shape index (κ3) is 3.42. The summed E-state index contributed by atoms with van der Waals surface area (Å²) in [5, 5.41) is 0. The van der Waals surface area contributed by atoms with E-state index in [4.69, 9.17) is 0 Å². The number of hydrogen-bond acceptors (Lipinski definition) is 0. The summed E-state index contributed by atoms with van der Waals surface area (Å²) >= 11 is 0. The molecule has 0 saturated heterocycles. The van der Waals surface area contributed by atoms with Gasteiger partial charge in [-0.15, -0.1) is 0 Å². The van der Waals surface area contributed by atoms with Gasteiger partial charge in [-0.2, -0.15) is 0 Å². The topological polar surface area (TPSA) is 0 Å². The van der Waals surface area contributed by atoms with Crippen molar-refractivity contribution in [2.24, 2.45) is 29.1 Å². The fourth-order valence-electron chi connectivity index (χ4n) is 5.65. The molecule has 118 valence electrons. The van der Waals surface area contributed by atoms with Gasteiger partial charge in [-0.1, -0.05) is 72.6 Å². The largest absolute Gasteiger partial charge is 0.0654 e. The minimum Gasteiger partial charge on any atom is -0.0654 e. The van der Waals surface area contributed by atoms with Gasteiger partial charge >= 0.3 is 0 Å². The first kappa shape index (κ1) is 16.4. The number of hydrogen-bond donors (Lipinski definition) is 0. The van der Waals surface area contributed by atoms with Gasteiger partial charge in [0.05, 0.1) is 0 Å². The van der Waals surface area contributed by atoms with Gasteiger partial charge < -0.3 is 0 Å². The predicted molar refractivity (Wildman–Crippen MR) is 89.9 cm³/mol. The lowest BCUT2D eigenvalue weighted by Crippen LogP contribution is -2.36. The maximum atomic E-state index is 2.62. The highest BCUT2D eigenvalue weighted by Crippen LogP contribution is 2.58. The Balaban J connectivity index is 1.89. The molecule has 0 aromatic heterocycles. The molecule has 0 bridgehead atoms. The van der Waals surface area contributed by atoms with E-state index in [1.165, 1.54) is 70.6 Å². The zero-order valence-electron chi connectivity index (χ0n) is 14.6. The summed E-state index contributed by atoms with van der Waals surface area (Å²) in [5.41, 5.74) is 0.702. The van der Waals surface area contributed by atoms with Gasteiger partial charge in [-0.25, -0.2) is 0 Å². The molecule has 20 heavy (non-hydrogen) atoms. The summed E-state index contributed by atoms with van der Waals surface area (Å²) in [4.78, 5) is 0. The van der Waals surface area contributed by atoms with E-state index in [1.807, 2.05) is 0 Å². The van der Waals surface area contributed by atoms with Crippen molar-refractivity contribution < 1.29 is 0 Å². The minimum absolute atomic E-state index is 0.702. The molecular formula is C20H38. The summed E-state index contributed by atoms with van der Waals surface area (Å²) in [6.07, 6.45) is 16.4. The Bertz CT molecular complexity index is 276. The first-order valence-electron chi connectivity index (χ1n) is 9.61. The third-order valence-corrected chi connectivity index (χ3v) is 7.08. The van der Waals surface area contributed by atoms with Crippen molar-refractivity contribution >= 4 is 0 Å². The molecule has 2 aliphatic rings. The molecular weight excluding hydrogens is 240 g/mol. The highest BCUT2D eigenvalue weighted by molar-refractivity contribution is 4.98. The fourth-order valence-corrected chi connectivity index (χ4v) is 5.65. The molecule has 0 radical (unpaired) electrons.